The van der Waals surface area contributed by atoms with Crippen molar-refractivity contribution in [1.82, 2.24) is 10.3 Å². The van der Waals surface area contributed by atoms with Crippen molar-refractivity contribution < 1.29 is 9.59 Å². The average Bonchev–Trinajstić information content (AvgIpc) is 2.85. The van der Waals surface area contributed by atoms with Gasteiger partial charge < -0.3 is 5.32 Å². The van der Waals surface area contributed by atoms with Gasteiger partial charge in [-0.25, -0.2) is 4.79 Å². The molecule has 3 amide bonds. The number of carbonyl (C=O) groups is 2. The normalized spacial score (nSPS) is 20.7. The van der Waals surface area contributed by atoms with Crippen LogP contribution in [0.1, 0.15) is 24.5 Å². The van der Waals surface area contributed by atoms with E-state index in [-0.39, 0.29) is 5.91 Å². The predicted octanol–water partition coefficient (Wildman–Crippen LogP) is 3.53. The third-order valence-corrected chi connectivity index (χ3v) is 4.27. The van der Waals surface area contributed by atoms with Crippen LogP contribution in [0.2, 0.25) is 5.02 Å². The zero-order chi connectivity index (χ0) is 17.2. The van der Waals surface area contributed by atoms with Crippen LogP contribution in [0.15, 0.2) is 59.7 Å². The zero-order valence-electron chi connectivity index (χ0n) is 13.1. The van der Waals surface area contributed by atoms with Gasteiger partial charge in [-0.1, -0.05) is 61.0 Å². The molecule has 0 unspecified atom stereocenters. The average molecular weight is 342 g/mol. The van der Waals surface area contributed by atoms with E-state index >= 15 is 0 Å². The minimum atomic E-state index is -1.08. The third-order valence-electron chi connectivity index (χ3n) is 4.04. The molecule has 0 radical (unpaired) electrons. The Morgan fingerprint density at radius 2 is 1.92 bits per heavy atom. The van der Waals surface area contributed by atoms with Gasteiger partial charge in [0, 0.05) is 5.02 Å². The molecule has 1 atom stereocenters. The molecule has 0 aliphatic carbocycles. The molecule has 1 aliphatic heterocycles. The van der Waals surface area contributed by atoms with Crippen molar-refractivity contribution in [2.75, 3.05) is 0 Å². The van der Waals surface area contributed by atoms with E-state index in [4.69, 9.17) is 11.6 Å². The Hall–Kier alpha value is -2.66. The van der Waals surface area contributed by atoms with Crippen LogP contribution in [0.5, 0.6) is 0 Å². The number of halogens is 1. The highest BCUT2D eigenvalue weighted by Crippen LogP contribution is 2.32. The second kappa shape index (κ2) is 6.45. The van der Waals surface area contributed by atoms with Gasteiger partial charge in [0.25, 0.3) is 5.91 Å². The lowest BCUT2D eigenvalue weighted by Crippen LogP contribution is -2.43. The predicted molar refractivity (Wildman–Crippen MR) is 92.8 cm³/mol. The Morgan fingerprint density at radius 3 is 2.58 bits per heavy atom. The highest BCUT2D eigenvalue weighted by molar-refractivity contribution is 6.30. The largest absolute Gasteiger partial charge is 0.346 e. The molecule has 24 heavy (non-hydrogen) atoms. The fourth-order valence-corrected chi connectivity index (χ4v) is 2.94. The lowest BCUT2D eigenvalue weighted by Gasteiger charge is -2.24. The summed E-state index contributed by atoms with van der Waals surface area (Å²) in [7, 11) is 0. The van der Waals surface area contributed by atoms with E-state index in [9.17, 15) is 9.59 Å². The quantitative estimate of drug-likeness (QED) is 0.683. The maximum absolute atomic E-state index is 12.9. The monoisotopic (exact) mass is 341 g/mol. The molecular weight excluding hydrogens is 326 g/mol. The van der Waals surface area contributed by atoms with Crippen LogP contribution >= 0.6 is 11.6 Å². The standard InChI is InChI=1S/C18H16ClN3O2/c1-2-18(14-8-4-3-5-9-14)16(23)22(17(24)21-18)20-12-13-7-6-10-15(19)11-13/h3-12H,2H2,1H3,(H,21,24)/b20-12-/t18-/m0/s1. The number of hydrogen-bond acceptors (Lipinski definition) is 3. The number of carbonyl (C=O) groups excluding carboxylic acids is 2. The molecular formula is C18H16ClN3O2. The van der Waals surface area contributed by atoms with Gasteiger partial charge in [-0.15, -0.1) is 5.01 Å². The molecule has 0 saturated carbocycles. The van der Waals surface area contributed by atoms with E-state index in [1.807, 2.05) is 37.3 Å². The molecule has 5 nitrogen and oxygen atoms in total. The van der Waals surface area contributed by atoms with Gasteiger partial charge in [0.2, 0.25) is 0 Å². The van der Waals surface area contributed by atoms with Crippen molar-refractivity contribution in [3.8, 4) is 0 Å². The Kier molecular flexibility index (Phi) is 4.36. The molecule has 1 heterocycles. The second-order valence-corrected chi connectivity index (χ2v) is 5.91. The van der Waals surface area contributed by atoms with Gasteiger partial charge in [0.15, 0.2) is 0 Å². The highest BCUT2D eigenvalue weighted by Gasteiger charge is 2.51. The summed E-state index contributed by atoms with van der Waals surface area (Å²) in [6.45, 7) is 1.86. The van der Waals surface area contributed by atoms with E-state index in [1.54, 1.807) is 24.3 Å². The molecule has 1 fully saturated rings. The number of nitrogens with zero attached hydrogens (tertiary/aromatic N) is 2. The maximum atomic E-state index is 12.9. The van der Waals surface area contributed by atoms with E-state index in [2.05, 4.69) is 10.4 Å². The van der Waals surface area contributed by atoms with Gasteiger partial charge in [0.1, 0.15) is 5.54 Å². The first-order valence-electron chi connectivity index (χ1n) is 7.58. The van der Waals surface area contributed by atoms with E-state index < -0.39 is 11.6 Å². The smallest absolute Gasteiger partial charge is 0.318 e. The van der Waals surface area contributed by atoms with Crippen LogP contribution in [0.3, 0.4) is 0 Å². The topological polar surface area (TPSA) is 61.8 Å². The van der Waals surface area contributed by atoms with Gasteiger partial charge >= 0.3 is 6.03 Å². The van der Waals surface area contributed by atoms with Crippen molar-refractivity contribution >= 4 is 29.8 Å². The molecule has 0 bridgehead atoms. The SMILES string of the molecule is CC[C@@]1(c2ccccc2)NC(=O)N(/N=C\c2cccc(Cl)c2)C1=O. The van der Waals surface area contributed by atoms with Crippen molar-refractivity contribution in [3.05, 3.63) is 70.7 Å². The molecule has 1 aliphatic rings. The van der Waals surface area contributed by atoms with Crippen molar-refractivity contribution in [2.24, 2.45) is 5.10 Å². The molecule has 6 heteroatoms. The summed E-state index contributed by atoms with van der Waals surface area (Å²) in [5.41, 5.74) is 0.368. The first-order chi connectivity index (χ1) is 11.6. The van der Waals surface area contributed by atoms with Crippen LogP contribution < -0.4 is 5.32 Å². The molecule has 0 spiro atoms. The van der Waals surface area contributed by atoms with E-state index in [0.717, 1.165) is 10.6 Å². The zero-order valence-corrected chi connectivity index (χ0v) is 13.8. The number of rotatable bonds is 4. The maximum Gasteiger partial charge on any atom is 0.346 e. The molecule has 2 aromatic carbocycles. The lowest BCUT2D eigenvalue weighted by molar-refractivity contribution is -0.131. The Labute approximate surface area is 144 Å². The molecule has 1 N–H and O–H groups in total. The summed E-state index contributed by atoms with van der Waals surface area (Å²) in [5, 5.41) is 8.26. The number of benzene rings is 2. The fraction of sp³-hybridized carbons (Fsp3) is 0.167. The number of urea groups is 1. The van der Waals surface area contributed by atoms with Gasteiger partial charge in [-0.2, -0.15) is 5.10 Å². The summed E-state index contributed by atoms with van der Waals surface area (Å²) in [4.78, 5) is 25.1. The van der Waals surface area contributed by atoms with Gasteiger partial charge in [-0.05, 0) is 29.7 Å². The van der Waals surface area contributed by atoms with Crippen LogP contribution in [-0.2, 0) is 10.3 Å². The van der Waals surface area contributed by atoms with Crippen LogP contribution in [0.4, 0.5) is 4.79 Å². The van der Waals surface area contributed by atoms with Crippen molar-refractivity contribution in [3.63, 3.8) is 0 Å². The molecule has 2 aromatic rings. The summed E-state index contributed by atoms with van der Waals surface area (Å²) < 4.78 is 0. The van der Waals surface area contributed by atoms with Gasteiger partial charge in [0.05, 0.1) is 6.21 Å². The molecule has 0 aromatic heterocycles. The molecule has 3 rings (SSSR count). The fourth-order valence-electron chi connectivity index (χ4n) is 2.74. The Morgan fingerprint density at radius 1 is 1.17 bits per heavy atom. The van der Waals surface area contributed by atoms with E-state index in [1.165, 1.54) is 6.21 Å². The number of hydrazone groups is 1. The van der Waals surface area contributed by atoms with Gasteiger partial charge in [-0.3, -0.25) is 4.79 Å². The number of amides is 3. The molecule has 122 valence electrons. The Bertz CT molecular complexity index is 807. The van der Waals surface area contributed by atoms with Crippen molar-refractivity contribution in [2.45, 2.75) is 18.9 Å². The minimum Gasteiger partial charge on any atom is -0.318 e. The number of imide groups is 1. The van der Waals surface area contributed by atoms with Crippen LogP contribution in [-0.4, -0.2) is 23.2 Å². The van der Waals surface area contributed by atoms with Crippen LogP contribution in [0.25, 0.3) is 0 Å². The highest BCUT2D eigenvalue weighted by atomic mass is 35.5. The Balaban J connectivity index is 1.91. The second-order valence-electron chi connectivity index (χ2n) is 5.47. The summed E-state index contributed by atoms with van der Waals surface area (Å²) in [5.74, 6) is -0.389. The first-order valence-corrected chi connectivity index (χ1v) is 7.96. The number of hydrogen-bond donors (Lipinski definition) is 1. The summed E-state index contributed by atoms with van der Waals surface area (Å²) >= 11 is 5.92. The minimum absolute atomic E-state index is 0.389. The third kappa shape index (κ3) is 2.78. The van der Waals surface area contributed by atoms with Crippen LogP contribution in [0, 0.1) is 0 Å². The number of nitrogens with one attached hydrogen (secondary N) is 1. The summed E-state index contributed by atoms with van der Waals surface area (Å²) in [6, 6.07) is 15.7. The lowest BCUT2D eigenvalue weighted by atomic mass is 9.87. The molecule has 1 saturated heterocycles. The van der Waals surface area contributed by atoms with E-state index in [0.29, 0.717) is 17.0 Å². The van der Waals surface area contributed by atoms with Crippen molar-refractivity contribution in [1.29, 1.82) is 0 Å². The first kappa shape index (κ1) is 16.2. The summed E-state index contributed by atoms with van der Waals surface area (Å²) in [6.07, 6.45) is 1.88.